The predicted octanol–water partition coefficient (Wildman–Crippen LogP) is 1.61. The van der Waals surface area contributed by atoms with E-state index in [0.717, 1.165) is 19.4 Å². The molecule has 1 saturated heterocycles. The number of rotatable bonds is 5. The van der Waals surface area contributed by atoms with Crippen molar-refractivity contribution in [2.45, 2.75) is 18.9 Å². The first-order valence-corrected chi connectivity index (χ1v) is 6.37. The van der Waals surface area contributed by atoms with Crippen LogP contribution in [0.5, 0.6) is 11.5 Å². The second kappa shape index (κ2) is 6.43. The van der Waals surface area contributed by atoms with E-state index >= 15 is 0 Å². The molecule has 104 valence electrons. The van der Waals surface area contributed by atoms with E-state index in [9.17, 15) is 4.79 Å². The molecule has 1 atom stereocenters. The topological polar surface area (TPSA) is 56.8 Å². The third kappa shape index (κ3) is 3.17. The number of hydrogen-bond donors (Lipinski definition) is 1. The van der Waals surface area contributed by atoms with Gasteiger partial charge < -0.3 is 19.5 Å². The van der Waals surface area contributed by atoms with Crippen molar-refractivity contribution in [1.82, 2.24) is 5.32 Å². The second-order valence-electron chi connectivity index (χ2n) is 4.43. The number of para-hydroxylation sites is 1. The minimum atomic E-state index is -0.423. The van der Waals surface area contributed by atoms with Crippen molar-refractivity contribution in [1.29, 1.82) is 0 Å². The van der Waals surface area contributed by atoms with Crippen LogP contribution in [-0.2, 0) is 4.74 Å². The number of hydrogen-bond acceptors (Lipinski definition) is 5. The number of esters is 1. The lowest BCUT2D eigenvalue weighted by atomic mass is 10.2. The molecule has 1 heterocycles. The lowest BCUT2D eigenvalue weighted by Gasteiger charge is -2.16. The minimum Gasteiger partial charge on any atom is -0.493 e. The van der Waals surface area contributed by atoms with Crippen LogP contribution in [0.2, 0.25) is 0 Å². The van der Waals surface area contributed by atoms with Gasteiger partial charge in [0.15, 0.2) is 11.5 Å². The summed E-state index contributed by atoms with van der Waals surface area (Å²) in [5.74, 6) is 0.569. The summed E-state index contributed by atoms with van der Waals surface area (Å²) in [4.78, 5) is 11.7. The third-order valence-electron chi connectivity index (χ3n) is 3.20. The third-order valence-corrected chi connectivity index (χ3v) is 3.20. The summed E-state index contributed by atoms with van der Waals surface area (Å²) in [7, 11) is 2.90. The lowest BCUT2D eigenvalue weighted by Crippen LogP contribution is -2.28. The van der Waals surface area contributed by atoms with Crippen LogP contribution in [0.4, 0.5) is 0 Å². The molecule has 1 N–H and O–H groups in total. The molecule has 1 aromatic carbocycles. The molecule has 0 radical (unpaired) electrons. The van der Waals surface area contributed by atoms with Crippen LogP contribution < -0.4 is 14.8 Å². The highest BCUT2D eigenvalue weighted by Crippen LogP contribution is 2.31. The van der Waals surface area contributed by atoms with Crippen molar-refractivity contribution in [3.63, 3.8) is 0 Å². The minimum absolute atomic E-state index is 0.329. The van der Waals surface area contributed by atoms with Crippen molar-refractivity contribution in [3.8, 4) is 11.5 Å². The fourth-order valence-electron chi connectivity index (χ4n) is 2.18. The Morgan fingerprint density at radius 2 is 2.26 bits per heavy atom. The SMILES string of the molecule is COC(=O)c1cccc(OC)c1OCC1CCCN1. The van der Waals surface area contributed by atoms with Gasteiger partial charge >= 0.3 is 5.97 Å². The first-order valence-electron chi connectivity index (χ1n) is 6.37. The van der Waals surface area contributed by atoms with E-state index in [4.69, 9.17) is 14.2 Å². The number of ether oxygens (including phenoxy) is 3. The van der Waals surface area contributed by atoms with Gasteiger partial charge in [-0.3, -0.25) is 0 Å². The Morgan fingerprint density at radius 3 is 2.89 bits per heavy atom. The molecule has 5 heteroatoms. The summed E-state index contributed by atoms with van der Waals surface area (Å²) in [6.45, 7) is 1.54. The first kappa shape index (κ1) is 13.7. The van der Waals surface area contributed by atoms with E-state index in [1.54, 1.807) is 25.3 Å². The van der Waals surface area contributed by atoms with E-state index < -0.39 is 5.97 Å². The van der Waals surface area contributed by atoms with Gasteiger partial charge in [0.2, 0.25) is 0 Å². The van der Waals surface area contributed by atoms with Crippen LogP contribution in [0.1, 0.15) is 23.2 Å². The van der Waals surface area contributed by atoms with Gasteiger partial charge in [0.1, 0.15) is 12.2 Å². The van der Waals surface area contributed by atoms with Crippen LogP contribution >= 0.6 is 0 Å². The zero-order chi connectivity index (χ0) is 13.7. The normalized spacial score (nSPS) is 18.1. The van der Waals surface area contributed by atoms with Crippen molar-refractivity contribution in [2.75, 3.05) is 27.4 Å². The monoisotopic (exact) mass is 265 g/mol. The molecule has 0 aliphatic carbocycles. The average molecular weight is 265 g/mol. The van der Waals surface area contributed by atoms with E-state index in [2.05, 4.69) is 5.32 Å². The molecule has 1 aliphatic heterocycles. The van der Waals surface area contributed by atoms with E-state index in [1.807, 2.05) is 0 Å². The maximum absolute atomic E-state index is 11.7. The Hall–Kier alpha value is -1.75. The average Bonchev–Trinajstić information content (AvgIpc) is 2.97. The Bertz CT molecular complexity index is 441. The summed E-state index contributed by atoms with van der Waals surface area (Å²) in [5.41, 5.74) is 0.389. The summed E-state index contributed by atoms with van der Waals surface area (Å²) in [6, 6.07) is 5.51. The highest BCUT2D eigenvalue weighted by molar-refractivity contribution is 5.93. The molecule has 2 rings (SSSR count). The molecule has 0 saturated carbocycles. The van der Waals surface area contributed by atoms with Gasteiger partial charge in [-0.1, -0.05) is 6.07 Å². The van der Waals surface area contributed by atoms with Crippen molar-refractivity contribution < 1.29 is 19.0 Å². The lowest BCUT2D eigenvalue weighted by molar-refractivity contribution is 0.0594. The zero-order valence-electron chi connectivity index (χ0n) is 11.3. The molecule has 0 aromatic heterocycles. The number of carbonyl (C=O) groups is 1. The summed E-state index contributed by atoms with van der Waals surface area (Å²) in [6.07, 6.45) is 2.24. The first-order chi connectivity index (χ1) is 9.26. The Kier molecular flexibility index (Phi) is 4.63. The number of nitrogens with one attached hydrogen (secondary N) is 1. The molecule has 0 amide bonds. The maximum Gasteiger partial charge on any atom is 0.341 e. The number of benzene rings is 1. The summed E-state index contributed by atoms with van der Waals surface area (Å²) >= 11 is 0. The van der Waals surface area contributed by atoms with Crippen molar-refractivity contribution >= 4 is 5.97 Å². The molecule has 5 nitrogen and oxygen atoms in total. The molecular formula is C14H19NO4. The van der Waals surface area contributed by atoms with Gasteiger partial charge in [-0.15, -0.1) is 0 Å². The molecule has 1 unspecified atom stereocenters. The fourth-order valence-corrected chi connectivity index (χ4v) is 2.18. The van der Waals surface area contributed by atoms with Gasteiger partial charge in [0.05, 0.1) is 14.2 Å². The van der Waals surface area contributed by atoms with E-state index in [0.29, 0.717) is 29.7 Å². The van der Waals surface area contributed by atoms with Crippen LogP contribution in [0.25, 0.3) is 0 Å². The van der Waals surface area contributed by atoms with Gasteiger partial charge in [-0.2, -0.15) is 0 Å². The maximum atomic E-state index is 11.7. The standard InChI is InChI=1S/C14H19NO4/c1-17-12-7-3-6-11(14(16)18-2)13(12)19-9-10-5-4-8-15-10/h3,6-7,10,15H,4-5,8-9H2,1-2H3. The molecule has 0 spiro atoms. The van der Waals surface area contributed by atoms with Gasteiger partial charge in [-0.25, -0.2) is 4.79 Å². The molecular weight excluding hydrogens is 246 g/mol. The zero-order valence-corrected chi connectivity index (χ0v) is 11.3. The highest BCUT2D eigenvalue weighted by atomic mass is 16.5. The molecule has 1 fully saturated rings. The quantitative estimate of drug-likeness (QED) is 0.820. The Morgan fingerprint density at radius 1 is 1.42 bits per heavy atom. The van der Waals surface area contributed by atoms with Crippen LogP contribution in [0, 0.1) is 0 Å². The molecule has 19 heavy (non-hydrogen) atoms. The van der Waals surface area contributed by atoms with Crippen LogP contribution in [0.15, 0.2) is 18.2 Å². The van der Waals surface area contributed by atoms with Crippen LogP contribution in [0.3, 0.4) is 0 Å². The fraction of sp³-hybridized carbons (Fsp3) is 0.500. The molecule has 0 bridgehead atoms. The number of carbonyl (C=O) groups excluding carboxylic acids is 1. The molecule has 1 aromatic rings. The van der Waals surface area contributed by atoms with Crippen molar-refractivity contribution in [3.05, 3.63) is 23.8 Å². The summed E-state index contributed by atoms with van der Waals surface area (Å²) < 4.78 is 15.8. The van der Waals surface area contributed by atoms with Crippen LogP contribution in [-0.4, -0.2) is 39.4 Å². The van der Waals surface area contributed by atoms with Gasteiger partial charge in [-0.05, 0) is 31.5 Å². The summed E-state index contributed by atoms with van der Waals surface area (Å²) in [5, 5.41) is 3.34. The largest absolute Gasteiger partial charge is 0.493 e. The predicted molar refractivity (Wildman–Crippen MR) is 70.9 cm³/mol. The van der Waals surface area contributed by atoms with Crippen molar-refractivity contribution in [2.24, 2.45) is 0 Å². The second-order valence-corrected chi connectivity index (χ2v) is 4.43. The highest BCUT2D eigenvalue weighted by Gasteiger charge is 2.20. The number of methoxy groups -OCH3 is 2. The Balaban J connectivity index is 2.17. The van der Waals surface area contributed by atoms with Gasteiger partial charge in [0.25, 0.3) is 0 Å². The Labute approximate surface area is 112 Å². The van der Waals surface area contributed by atoms with E-state index in [-0.39, 0.29) is 0 Å². The van der Waals surface area contributed by atoms with E-state index in [1.165, 1.54) is 7.11 Å². The molecule has 1 aliphatic rings. The smallest absolute Gasteiger partial charge is 0.341 e. The van der Waals surface area contributed by atoms with Gasteiger partial charge in [0, 0.05) is 6.04 Å².